The van der Waals surface area contributed by atoms with Gasteiger partial charge in [-0.1, -0.05) is 31.5 Å². The van der Waals surface area contributed by atoms with E-state index < -0.39 is 0 Å². The molecule has 4 rings (SSSR count). The molecule has 2 aromatic carbocycles. The lowest BCUT2D eigenvalue weighted by Crippen LogP contribution is -2.37. The molecule has 4 nitrogen and oxygen atoms in total. The molecule has 0 saturated carbocycles. The first-order valence-corrected chi connectivity index (χ1v) is 11.5. The predicted octanol–water partition coefficient (Wildman–Crippen LogP) is 4.82. The third-order valence-electron chi connectivity index (χ3n) is 6.71. The molecule has 0 aliphatic carbocycles. The fraction of sp³-hybridized carbons (Fsp3) is 0.538. The quantitative estimate of drug-likeness (QED) is 0.712. The van der Waals surface area contributed by atoms with Gasteiger partial charge in [-0.3, -0.25) is 0 Å². The number of fused-ring (bicyclic) bond motifs is 1. The Labute approximate surface area is 181 Å². The van der Waals surface area contributed by atoms with Crippen LogP contribution in [0.4, 0.5) is 0 Å². The van der Waals surface area contributed by atoms with Crippen LogP contribution < -0.4 is 14.8 Å². The van der Waals surface area contributed by atoms with Crippen molar-refractivity contribution in [2.24, 2.45) is 5.92 Å². The minimum Gasteiger partial charge on any atom is -0.497 e. The first-order valence-electron chi connectivity index (χ1n) is 11.5. The summed E-state index contributed by atoms with van der Waals surface area (Å²) in [5.74, 6) is 2.99. The number of rotatable bonds is 7. The first-order chi connectivity index (χ1) is 14.7. The number of hydrogen-bond acceptors (Lipinski definition) is 4. The fourth-order valence-corrected chi connectivity index (χ4v) is 5.09. The molecule has 0 amide bonds. The van der Waals surface area contributed by atoms with Crippen LogP contribution >= 0.6 is 0 Å². The molecule has 0 spiro atoms. The molecule has 2 aliphatic heterocycles. The van der Waals surface area contributed by atoms with Gasteiger partial charge < -0.3 is 19.7 Å². The van der Waals surface area contributed by atoms with Crippen molar-refractivity contribution >= 4 is 0 Å². The van der Waals surface area contributed by atoms with Crippen molar-refractivity contribution in [3.63, 3.8) is 0 Å². The molecule has 1 fully saturated rings. The number of ether oxygens (including phenoxy) is 2. The van der Waals surface area contributed by atoms with E-state index in [9.17, 15) is 0 Å². The van der Waals surface area contributed by atoms with Gasteiger partial charge in [-0.05, 0) is 86.3 Å². The van der Waals surface area contributed by atoms with E-state index in [1.165, 1.54) is 36.0 Å². The van der Waals surface area contributed by atoms with Crippen LogP contribution in [0.5, 0.6) is 11.5 Å². The molecule has 162 valence electrons. The highest BCUT2D eigenvalue weighted by molar-refractivity contribution is 5.45. The van der Waals surface area contributed by atoms with Gasteiger partial charge in [-0.2, -0.15) is 0 Å². The maximum atomic E-state index is 6.60. The van der Waals surface area contributed by atoms with Crippen LogP contribution in [-0.4, -0.2) is 44.8 Å². The van der Waals surface area contributed by atoms with E-state index in [0.29, 0.717) is 17.9 Å². The summed E-state index contributed by atoms with van der Waals surface area (Å²) < 4.78 is 11.9. The zero-order valence-corrected chi connectivity index (χ0v) is 18.7. The molecule has 1 N–H and O–H groups in total. The summed E-state index contributed by atoms with van der Waals surface area (Å²) in [7, 11) is 3.93. The van der Waals surface area contributed by atoms with Crippen molar-refractivity contribution in [3.05, 3.63) is 59.2 Å². The zero-order valence-electron chi connectivity index (χ0n) is 18.7. The largest absolute Gasteiger partial charge is 0.497 e. The van der Waals surface area contributed by atoms with E-state index in [0.717, 1.165) is 44.1 Å². The lowest BCUT2D eigenvalue weighted by Gasteiger charge is -2.34. The van der Waals surface area contributed by atoms with Crippen molar-refractivity contribution in [2.45, 2.75) is 51.2 Å². The number of nitrogens with zero attached hydrogens (tertiary/aromatic N) is 1. The van der Waals surface area contributed by atoms with E-state index in [1.807, 2.05) is 0 Å². The second-order valence-electron chi connectivity index (χ2n) is 8.92. The normalized spacial score (nSPS) is 21.1. The van der Waals surface area contributed by atoms with E-state index in [4.69, 9.17) is 9.47 Å². The highest BCUT2D eigenvalue weighted by atomic mass is 16.5. The average Bonchev–Trinajstić information content (AvgIpc) is 2.78. The van der Waals surface area contributed by atoms with Gasteiger partial charge in [0.1, 0.15) is 17.6 Å². The highest BCUT2D eigenvalue weighted by Gasteiger charge is 2.27. The van der Waals surface area contributed by atoms with E-state index in [2.05, 4.69) is 66.7 Å². The smallest absolute Gasteiger partial charge is 0.120 e. The molecule has 2 unspecified atom stereocenters. The Kier molecular flexibility index (Phi) is 6.96. The van der Waals surface area contributed by atoms with Gasteiger partial charge in [0.25, 0.3) is 0 Å². The Morgan fingerprint density at radius 3 is 2.50 bits per heavy atom. The van der Waals surface area contributed by atoms with Gasteiger partial charge >= 0.3 is 0 Å². The number of methoxy groups -OCH3 is 1. The number of hydrogen-bond donors (Lipinski definition) is 1. The highest BCUT2D eigenvalue weighted by Crippen LogP contribution is 2.36. The zero-order chi connectivity index (χ0) is 20.9. The molecule has 30 heavy (non-hydrogen) atoms. The molecule has 0 bridgehead atoms. The molecule has 2 heterocycles. The van der Waals surface area contributed by atoms with Crippen molar-refractivity contribution < 1.29 is 9.47 Å². The number of benzene rings is 2. The summed E-state index contributed by atoms with van der Waals surface area (Å²) in [4.78, 5) is 2.41. The second kappa shape index (κ2) is 9.84. The number of piperidine rings is 1. The Hall–Kier alpha value is -2.04. The van der Waals surface area contributed by atoms with Crippen molar-refractivity contribution in [2.75, 3.05) is 33.8 Å². The molecule has 2 aromatic rings. The van der Waals surface area contributed by atoms with Crippen LogP contribution in [0.1, 0.15) is 55.2 Å². The van der Waals surface area contributed by atoms with Gasteiger partial charge in [0, 0.05) is 19.0 Å². The SMILES string of the molecule is CCCC(Oc1ccc2c(c1)CN(C)CC2c1ccc(OC)cc1)C1CCNCC1. The summed E-state index contributed by atoms with van der Waals surface area (Å²) in [5, 5.41) is 3.48. The van der Waals surface area contributed by atoms with Crippen LogP contribution in [0, 0.1) is 5.92 Å². The molecule has 0 aromatic heterocycles. The van der Waals surface area contributed by atoms with Crippen molar-refractivity contribution in [1.29, 1.82) is 0 Å². The lowest BCUT2D eigenvalue weighted by atomic mass is 9.84. The number of nitrogens with one attached hydrogen (secondary N) is 1. The van der Waals surface area contributed by atoms with Crippen LogP contribution in [0.25, 0.3) is 0 Å². The van der Waals surface area contributed by atoms with Crippen molar-refractivity contribution in [1.82, 2.24) is 10.2 Å². The lowest BCUT2D eigenvalue weighted by molar-refractivity contribution is 0.103. The monoisotopic (exact) mass is 408 g/mol. The Morgan fingerprint density at radius 2 is 1.80 bits per heavy atom. The molecule has 2 atom stereocenters. The van der Waals surface area contributed by atoms with Gasteiger partial charge in [-0.15, -0.1) is 0 Å². The average molecular weight is 409 g/mol. The van der Waals surface area contributed by atoms with Gasteiger partial charge in [-0.25, -0.2) is 0 Å². The summed E-state index contributed by atoms with van der Waals surface area (Å²) >= 11 is 0. The van der Waals surface area contributed by atoms with E-state index in [-0.39, 0.29) is 0 Å². The Balaban J connectivity index is 1.55. The maximum Gasteiger partial charge on any atom is 0.120 e. The maximum absolute atomic E-state index is 6.60. The van der Waals surface area contributed by atoms with Crippen LogP contribution in [0.2, 0.25) is 0 Å². The predicted molar refractivity (Wildman–Crippen MR) is 123 cm³/mol. The fourth-order valence-electron chi connectivity index (χ4n) is 5.09. The minimum absolute atomic E-state index is 0.328. The Morgan fingerprint density at radius 1 is 1.07 bits per heavy atom. The van der Waals surface area contributed by atoms with E-state index in [1.54, 1.807) is 7.11 Å². The van der Waals surface area contributed by atoms with Gasteiger partial charge in [0.15, 0.2) is 0 Å². The standard InChI is InChI=1S/C26H36N2O2/c1-4-5-26(20-12-14-27-15-13-20)30-23-10-11-24-21(16-23)17-28(2)18-25(24)19-6-8-22(29-3)9-7-19/h6-11,16,20,25-27H,4-5,12-15,17-18H2,1-3H3. The molecular formula is C26H36N2O2. The Bertz CT molecular complexity index is 814. The summed E-state index contributed by atoms with van der Waals surface area (Å²) in [6, 6.07) is 15.3. The molecular weight excluding hydrogens is 372 g/mol. The summed E-state index contributed by atoms with van der Waals surface area (Å²) in [6.07, 6.45) is 5.07. The number of likely N-dealkylation sites (N-methyl/N-ethyl adjacent to an activating group) is 1. The van der Waals surface area contributed by atoms with Crippen LogP contribution in [0.15, 0.2) is 42.5 Å². The third-order valence-corrected chi connectivity index (χ3v) is 6.71. The minimum atomic E-state index is 0.328. The molecule has 1 saturated heterocycles. The summed E-state index contributed by atoms with van der Waals surface area (Å²) in [5.41, 5.74) is 4.16. The summed E-state index contributed by atoms with van der Waals surface area (Å²) in [6.45, 7) is 6.51. The first kappa shape index (κ1) is 21.2. The van der Waals surface area contributed by atoms with Crippen molar-refractivity contribution in [3.8, 4) is 11.5 Å². The molecule has 4 heteroatoms. The molecule has 0 radical (unpaired) electrons. The van der Waals surface area contributed by atoms with Crippen LogP contribution in [-0.2, 0) is 6.54 Å². The topological polar surface area (TPSA) is 33.7 Å². The third kappa shape index (κ3) is 4.81. The van der Waals surface area contributed by atoms with E-state index >= 15 is 0 Å². The van der Waals surface area contributed by atoms with Crippen LogP contribution in [0.3, 0.4) is 0 Å². The van der Waals surface area contributed by atoms with Gasteiger partial charge in [0.05, 0.1) is 7.11 Å². The second-order valence-corrected chi connectivity index (χ2v) is 8.92. The van der Waals surface area contributed by atoms with Gasteiger partial charge in [0.2, 0.25) is 0 Å². The molecule has 2 aliphatic rings.